The molecule has 1 unspecified atom stereocenters. The molecule has 17 heavy (non-hydrogen) atoms. The molecule has 1 amide bonds. The molecule has 1 atom stereocenters. The van der Waals surface area contributed by atoms with Gasteiger partial charge in [0.2, 0.25) is 5.91 Å². The lowest BCUT2D eigenvalue weighted by atomic mass is 9.94. The first-order valence-electron chi connectivity index (χ1n) is 6.88. The highest BCUT2D eigenvalue weighted by Gasteiger charge is 2.03. The van der Waals surface area contributed by atoms with E-state index < -0.39 is 0 Å². The van der Waals surface area contributed by atoms with Gasteiger partial charge in [-0.25, -0.2) is 0 Å². The van der Waals surface area contributed by atoms with Crippen molar-refractivity contribution in [3.63, 3.8) is 0 Å². The molecule has 0 aliphatic heterocycles. The predicted octanol–water partition coefficient (Wildman–Crippen LogP) is 4.05. The van der Waals surface area contributed by atoms with Gasteiger partial charge in [0.15, 0.2) is 0 Å². The lowest BCUT2D eigenvalue weighted by molar-refractivity contribution is -0.113. The molecule has 0 rings (SSSR count). The first-order chi connectivity index (χ1) is 7.91. The van der Waals surface area contributed by atoms with Gasteiger partial charge < -0.3 is 5.73 Å². The quantitative estimate of drug-likeness (QED) is 0.606. The maximum absolute atomic E-state index is 10.7. The number of hydrogen-bond acceptors (Lipinski definition) is 1. The van der Waals surface area contributed by atoms with E-state index in [0.29, 0.717) is 0 Å². The highest BCUT2D eigenvalue weighted by Crippen LogP contribution is 2.18. The molecule has 0 fully saturated rings. The van der Waals surface area contributed by atoms with Crippen molar-refractivity contribution in [2.45, 2.75) is 66.2 Å². The van der Waals surface area contributed by atoms with Crippen LogP contribution in [-0.4, -0.2) is 5.91 Å². The molecule has 0 saturated heterocycles. The molecule has 2 N–H and O–H groups in total. The smallest absolute Gasteiger partial charge is 0.241 e. The number of amides is 1. The molecule has 0 aliphatic carbocycles. The van der Waals surface area contributed by atoms with Gasteiger partial charge in [-0.3, -0.25) is 4.79 Å². The minimum Gasteiger partial charge on any atom is -0.366 e. The zero-order valence-corrected chi connectivity index (χ0v) is 12.0. The van der Waals surface area contributed by atoms with Gasteiger partial charge in [0.25, 0.3) is 0 Å². The summed E-state index contributed by atoms with van der Waals surface area (Å²) in [5.41, 5.74) is 6.21. The molecule has 0 heterocycles. The van der Waals surface area contributed by atoms with Gasteiger partial charge in [-0.15, -0.1) is 0 Å². The maximum atomic E-state index is 10.7. The SMILES string of the molecule is CC(=CC(N)=O)CCCC(C)CCCC(C)C. The monoisotopic (exact) mass is 239 g/mol. The number of hydrogen-bond donors (Lipinski definition) is 1. The van der Waals surface area contributed by atoms with E-state index in [1.54, 1.807) is 6.08 Å². The standard InChI is InChI=1S/C15H29NO/c1-12(2)7-5-8-13(3)9-6-10-14(4)11-15(16)17/h11-13H,5-10H2,1-4H3,(H2,16,17). The van der Waals surface area contributed by atoms with Gasteiger partial charge in [0.1, 0.15) is 0 Å². The number of rotatable bonds is 9. The lowest BCUT2D eigenvalue weighted by Gasteiger charge is -2.12. The zero-order chi connectivity index (χ0) is 13.3. The van der Waals surface area contributed by atoms with Crippen molar-refractivity contribution in [2.75, 3.05) is 0 Å². The van der Waals surface area contributed by atoms with Crippen LogP contribution in [0.4, 0.5) is 0 Å². The van der Waals surface area contributed by atoms with Crippen molar-refractivity contribution in [2.24, 2.45) is 17.6 Å². The summed E-state index contributed by atoms with van der Waals surface area (Å²) in [6, 6.07) is 0. The Kier molecular flexibility index (Phi) is 8.83. The third-order valence-electron chi connectivity index (χ3n) is 3.14. The summed E-state index contributed by atoms with van der Waals surface area (Å²) in [5, 5.41) is 0. The minimum absolute atomic E-state index is 0.326. The van der Waals surface area contributed by atoms with E-state index in [0.717, 1.165) is 23.8 Å². The van der Waals surface area contributed by atoms with Crippen molar-refractivity contribution in [3.8, 4) is 0 Å². The molecule has 0 aliphatic rings. The van der Waals surface area contributed by atoms with Crippen LogP contribution < -0.4 is 5.73 Å². The Hall–Kier alpha value is -0.790. The Morgan fingerprint density at radius 2 is 1.71 bits per heavy atom. The van der Waals surface area contributed by atoms with Crippen molar-refractivity contribution >= 4 is 5.91 Å². The fourth-order valence-electron chi connectivity index (χ4n) is 2.06. The Morgan fingerprint density at radius 3 is 2.24 bits per heavy atom. The summed E-state index contributed by atoms with van der Waals surface area (Å²) in [4.78, 5) is 10.7. The van der Waals surface area contributed by atoms with Crippen molar-refractivity contribution in [1.82, 2.24) is 0 Å². The van der Waals surface area contributed by atoms with Gasteiger partial charge in [0, 0.05) is 6.08 Å². The van der Waals surface area contributed by atoms with Crippen LogP contribution in [0.2, 0.25) is 0 Å². The molecule has 0 spiro atoms. The summed E-state index contributed by atoms with van der Waals surface area (Å²) in [6.07, 6.45) is 8.97. The molecule has 2 heteroatoms. The Labute approximate surface area is 107 Å². The van der Waals surface area contributed by atoms with E-state index in [9.17, 15) is 4.79 Å². The van der Waals surface area contributed by atoms with Gasteiger partial charge >= 0.3 is 0 Å². The fourth-order valence-corrected chi connectivity index (χ4v) is 2.06. The van der Waals surface area contributed by atoms with E-state index >= 15 is 0 Å². The molecule has 0 aromatic heterocycles. The van der Waals surface area contributed by atoms with E-state index in [1.165, 1.54) is 32.1 Å². The highest BCUT2D eigenvalue weighted by atomic mass is 16.1. The zero-order valence-electron chi connectivity index (χ0n) is 12.0. The lowest BCUT2D eigenvalue weighted by Crippen LogP contribution is -2.06. The van der Waals surface area contributed by atoms with Crippen LogP contribution in [0, 0.1) is 11.8 Å². The molecule has 0 saturated carbocycles. The average Bonchev–Trinajstić information content (AvgIpc) is 2.15. The van der Waals surface area contributed by atoms with Crippen molar-refractivity contribution in [3.05, 3.63) is 11.6 Å². The number of carbonyl (C=O) groups excluding carboxylic acids is 1. The first kappa shape index (κ1) is 16.2. The summed E-state index contributed by atoms with van der Waals surface area (Å²) < 4.78 is 0. The second-order valence-electron chi connectivity index (χ2n) is 5.72. The Morgan fingerprint density at radius 1 is 1.12 bits per heavy atom. The van der Waals surface area contributed by atoms with Gasteiger partial charge in [-0.2, -0.15) is 0 Å². The average molecular weight is 239 g/mol. The number of carbonyl (C=O) groups is 1. The highest BCUT2D eigenvalue weighted by molar-refractivity contribution is 5.86. The summed E-state index contributed by atoms with van der Waals surface area (Å²) >= 11 is 0. The minimum atomic E-state index is -0.326. The number of primary amides is 1. The Bertz CT molecular complexity index is 243. The third kappa shape index (κ3) is 11.5. The van der Waals surface area contributed by atoms with E-state index in [4.69, 9.17) is 5.73 Å². The van der Waals surface area contributed by atoms with E-state index in [1.807, 2.05) is 6.92 Å². The van der Waals surface area contributed by atoms with E-state index in [-0.39, 0.29) is 5.91 Å². The van der Waals surface area contributed by atoms with E-state index in [2.05, 4.69) is 20.8 Å². The van der Waals surface area contributed by atoms with Crippen LogP contribution in [0.3, 0.4) is 0 Å². The molecule has 100 valence electrons. The molecular formula is C15H29NO. The van der Waals surface area contributed by atoms with Gasteiger partial charge in [0.05, 0.1) is 0 Å². The summed E-state index contributed by atoms with van der Waals surface area (Å²) in [6.45, 7) is 8.87. The van der Waals surface area contributed by atoms with Gasteiger partial charge in [-0.1, -0.05) is 52.0 Å². The fraction of sp³-hybridized carbons (Fsp3) is 0.800. The molecule has 0 aromatic carbocycles. The molecule has 0 aromatic rings. The second-order valence-corrected chi connectivity index (χ2v) is 5.72. The second kappa shape index (κ2) is 9.26. The largest absolute Gasteiger partial charge is 0.366 e. The number of nitrogens with two attached hydrogens (primary N) is 1. The van der Waals surface area contributed by atoms with Crippen molar-refractivity contribution in [1.29, 1.82) is 0 Å². The molecular weight excluding hydrogens is 210 g/mol. The third-order valence-corrected chi connectivity index (χ3v) is 3.14. The van der Waals surface area contributed by atoms with Crippen LogP contribution in [0.5, 0.6) is 0 Å². The van der Waals surface area contributed by atoms with Crippen LogP contribution >= 0.6 is 0 Å². The normalized spacial score (nSPS) is 14.1. The molecule has 0 radical (unpaired) electrons. The molecule has 0 bridgehead atoms. The predicted molar refractivity (Wildman–Crippen MR) is 74.7 cm³/mol. The topological polar surface area (TPSA) is 43.1 Å². The summed E-state index contributed by atoms with van der Waals surface area (Å²) in [5.74, 6) is 1.30. The summed E-state index contributed by atoms with van der Waals surface area (Å²) in [7, 11) is 0. The van der Waals surface area contributed by atoms with Gasteiger partial charge in [-0.05, 0) is 31.6 Å². The Balaban J connectivity index is 3.57. The first-order valence-corrected chi connectivity index (χ1v) is 6.88. The number of allylic oxidation sites excluding steroid dienone is 1. The molecule has 2 nitrogen and oxygen atoms in total. The maximum Gasteiger partial charge on any atom is 0.241 e. The van der Waals surface area contributed by atoms with Crippen molar-refractivity contribution < 1.29 is 4.79 Å². The van der Waals surface area contributed by atoms with Crippen LogP contribution in [0.25, 0.3) is 0 Å². The van der Waals surface area contributed by atoms with Crippen LogP contribution in [-0.2, 0) is 4.79 Å². The van der Waals surface area contributed by atoms with Crippen LogP contribution in [0.1, 0.15) is 66.2 Å². The van der Waals surface area contributed by atoms with Crippen LogP contribution in [0.15, 0.2) is 11.6 Å².